The van der Waals surface area contributed by atoms with Crippen LogP contribution in [0, 0.1) is 13.8 Å². The maximum atomic E-state index is 5.57. The van der Waals surface area contributed by atoms with Crippen molar-refractivity contribution in [2.45, 2.75) is 26.9 Å². The van der Waals surface area contributed by atoms with Crippen LogP contribution in [0.4, 0.5) is 11.5 Å². The SMILES string of the molecule is Cc1nn(Cc2ccccc2)c(C)c1NC(=S)Nc1ccn(Cc2cccc3ccccc23)n1. The van der Waals surface area contributed by atoms with Gasteiger partial charge in [-0.1, -0.05) is 72.8 Å². The lowest BCUT2D eigenvalue weighted by molar-refractivity contribution is 0.659. The Morgan fingerprint density at radius 1 is 0.824 bits per heavy atom. The highest BCUT2D eigenvalue weighted by Crippen LogP contribution is 2.22. The van der Waals surface area contributed by atoms with E-state index in [9.17, 15) is 0 Å². The summed E-state index contributed by atoms with van der Waals surface area (Å²) in [5.74, 6) is 0.699. The topological polar surface area (TPSA) is 59.7 Å². The molecule has 0 radical (unpaired) electrons. The van der Waals surface area contributed by atoms with Gasteiger partial charge < -0.3 is 10.6 Å². The van der Waals surface area contributed by atoms with Crippen molar-refractivity contribution in [3.05, 3.63) is 108 Å². The van der Waals surface area contributed by atoms with Gasteiger partial charge in [0.1, 0.15) is 0 Å². The van der Waals surface area contributed by atoms with Crippen LogP contribution in [-0.4, -0.2) is 24.7 Å². The van der Waals surface area contributed by atoms with Crippen LogP contribution in [0.1, 0.15) is 22.5 Å². The van der Waals surface area contributed by atoms with E-state index in [1.54, 1.807) is 0 Å². The number of anilines is 2. The van der Waals surface area contributed by atoms with Crippen molar-refractivity contribution in [2.75, 3.05) is 10.6 Å². The van der Waals surface area contributed by atoms with Gasteiger partial charge >= 0.3 is 0 Å². The van der Waals surface area contributed by atoms with Crippen LogP contribution in [0.15, 0.2) is 85.1 Å². The van der Waals surface area contributed by atoms with Crippen LogP contribution in [0.2, 0.25) is 0 Å². The van der Waals surface area contributed by atoms with E-state index in [1.165, 1.54) is 21.9 Å². The Balaban J connectivity index is 1.25. The van der Waals surface area contributed by atoms with Gasteiger partial charge in [-0.15, -0.1) is 0 Å². The van der Waals surface area contributed by atoms with Crippen molar-refractivity contribution < 1.29 is 0 Å². The Morgan fingerprint density at radius 3 is 2.44 bits per heavy atom. The minimum absolute atomic E-state index is 0.487. The molecule has 0 aliphatic rings. The molecule has 0 spiro atoms. The second-order valence-corrected chi connectivity index (χ2v) is 8.71. The molecule has 0 atom stereocenters. The van der Waals surface area contributed by atoms with Crippen molar-refractivity contribution in [3.8, 4) is 0 Å². The van der Waals surface area contributed by atoms with Crippen LogP contribution in [0.3, 0.4) is 0 Å². The monoisotopic (exact) mass is 466 g/mol. The molecule has 7 heteroatoms. The summed E-state index contributed by atoms with van der Waals surface area (Å²) in [6.07, 6.45) is 1.96. The fourth-order valence-corrected chi connectivity index (χ4v) is 4.38. The third-order valence-electron chi connectivity index (χ3n) is 5.89. The first-order valence-corrected chi connectivity index (χ1v) is 11.6. The van der Waals surface area contributed by atoms with Crippen molar-refractivity contribution in [3.63, 3.8) is 0 Å². The highest BCUT2D eigenvalue weighted by Gasteiger charge is 2.14. The summed E-state index contributed by atoms with van der Waals surface area (Å²) in [7, 11) is 0. The van der Waals surface area contributed by atoms with Crippen molar-refractivity contribution in [1.29, 1.82) is 0 Å². The lowest BCUT2D eigenvalue weighted by atomic mass is 10.0. The lowest BCUT2D eigenvalue weighted by Crippen LogP contribution is -2.20. The number of hydrogen-bond donors (Lipinski definition) is 2. The van der Waals surface area contributed by atoms with Gasteiger partial charge in [-0.2, -0.15) is 10.2 Å². The van der Waals surface area contributed by atoms with Gasteiger partial charge in [0.2, 0.25) is 0 Å². The molecule has 6 nitrogen and oxygen atoms in total. The average molecular weight is 467 g/mol. The molecule has 0 saturated carbocycles. The first-order chi connectivity index (χ1) is 16.6. The summed E-state index contributed by atoms with van der Waals surface area (Å²) in [5, 5.41) is 18.8. The van der Waals surface area contributed by atoms with Gasteiger partial charge in [0.15, 0.2) is 10.9 Å². The predicted molar refractivity (Wildman–Crippen MR) is 142 cm³/mol. The first kappa shape index (κ1) is 21.9. The number of nitrogens with one attached hydrogen (secondary N) is 2. The van der Waals surface area contributed by atoms with Crippen molar-refractivity contribution in [1.82, 2.24) is 19.6 Å². The highest BCUT2D eigenvalue weighted by molar-refractivity contribution is 7.80. The Labute approximate surface area is 204 Å². The first-order valence-electron chi connectivity index (χ1n) is 11.2. The number of nitrogens with zero attached hydrogens (tertiary/aromatic N) is 4. The minimum atomic E-state index is 0.487. The smallest absolute Gasteiger partial charge is 0.176 e. The standard InChI is InChI=1S/C27H26N6S/c1-19-26(20(2)33(30-19)17-21-9-4-3-5-10-21)29-27(34)28-25-15-16-32(31-25)18-23-13-8-12-22-11-6-7-14-24(22)23/h3-16H,17-18H2,1-2H3,(H2,28,29,31,34). The van der Waals surface area contributed by atoms with E-state index < -0.39 is 0 Å². The Kier molecular flexibility index (Phi) is 6.10. The van der Waals surface area contributed by atoms with Gasteiger partial charge in [-0.25, -0.2) is 0 Å². The third kappa shape index (κ3) is 4.70. The summed E-state index contributed by atoms with van der Waals surface area (Å²) < 4.78 is 3.91. The number of rotatable bonds is 6. The van der Waals surface area contributed by atoms with Gasteiger partial charge in [0.25, 0.3) is 0 Å². The molecule has 170 valence electrons. The molecule has 2 aromatic heterocycles. The van der Waals surface area contributed by atoms with Gasteiger partial charge in [0, 0.05) is 12.3 Å². The van der Waals surface area contributed by atoms with Crippen LogP contribution < -0.4 is 10.6 Å². The van der Waals surface area contributed by atoms with Crippen LogP contribution >= 0.6 is 12.2 Å². The maximum Gasteiger partial charge on any atom is 0.176 e. The predicted octanol–water partition coefficient (Wildman–Crippen LogP) is 5.76. The summed E-state index contributed by atoms with van der Waals surface area (Å²) in [5.41, 5.74) is 5.29. The Bertz CT molecular complexity index is 1450. The summed E-state index contributed by atoms with van der Waals surface area (Å²) in [6.45, 7) is 5.44. The zero-order valence-electron chi connectivity index (χ0n) is 19.2. The molecule has 0 bridgehead atoms. The van der Waals surface area contributed by atoms with Crippen LogP contribution in [-0.2, 0) is 13.1 Å². The number of hydrogen-bond acceptors (Lipinski definition) is 3. The van der Waals surface area contributed by atoms with Crippen LogP contribution in [0.5, 0.6) is 0 Å². The molecule has 0 amide bonds. The van der Waals surface area contributed by atoms with Gasteiger partial charge in [-0.3, -0.25) is 9.36 Å². The van der Waals surface area contributed by atoms with E-state index in [2.05, 4.69) is 75.4 Å². The second-order valence-electron chi connectivity index (χ2n) is 8.31. The van der Waals surface area contributed by atoms with Crippen LogP contribution in [0.25, 0.3) is 10.8 Å². The summed E-state index contributed by atoms with van der Waals surface area (Å²) in [6, 6.07) is 27.0. The van der Waals surface area contributed by atoms with E-state index in [0.717, 1.165) is 17.1 Å². The molecule has 0 saturated heterocycles. The number of aryl methyl sites for hydroxylation is 1. The fourth-order valence-electron chi connectivity index (χ4n) is 4.17. The number of fused-ring (bicyclic) bond motifs is 1. The summed E-state index contributed by atoms with van der Waals surface area (Å²) in [4.78, 5) is 0. The molecule has 2 N–H and O–H groups in total. The molecule has 0 unspecified atom stereocenters. The zero-order valence-corrected chi connectivity index (χ0v) is 20.0. The molecule has 3 aromatic carbocycles. The molecule has 0 aliphatic heterocycles. The summed E-state index contributed by atoms with van der Waals surface area (Å²) >= 11 is 5.57. The van der Waals surface area contributed by atoms with Gasteiger partial charge in [0.05, 0.1) is 30.2 Å². The minimum Gasteiger partial charge on any atom is -0.329 e. The molecule has 0 aliphatic carbocycles. The molecule has 0 fully saturated rings. The van der Waals surface area contributed by atoms with E-state index in [1.807, 2.05) is 53.7 Å². The molecule has 5 aromatic rings. The molecular weight excluding hydrogens is 440 g/mol. The van der Waals surface area contributed by atoms with E-state index in [0.29, 0.717) is 24.0 Å². The lowest BCUT2D eigenvalue weighted by Gasteiger charge is -2.10. The number of aromatic nitrogens is 4. The number of benzene rings is 3. The molecule has 5 rings (SSSR count). The fraction of sp³-hybridized carbons (Fsp3) is 0.148. The van der Waals surface area contributed by atoms with Gasteiger partial charge in [-0.05, 0) is 48.0 Å². The highest BCUT2D eigenvalue weighted by atomic mass is 32.1. The van der Waals surface area contributed by atoms with Crippen molar-refractivity contribution >= 4 is 39.6 Å². The second kappa shape index (κ2) is 9.49. The van der Waals surface area contributed by atoms with E-state index >= 15 is 0 Å². The Hall–Kier alpha value is -3.97. The molecule has 34 heavy (non-hydrogen) atoms. The van der Waals surface area contributed by atoms with Crippen molar-refractivity contribution in [2.24, 2.45) is 0 Å². The molecular formula is C27H26N6S. The zero-order chi connectivity index (χ0) is 23.5. The molecule has 2 heterocycles. The largest absolute Gasteiger partial charge is 0.329 e. The van der Waals surface area contributed by atoms with E-state index in [-0.39, 0.29) is 0 Å². The third-order valence-corrected chi connectivity index (χ3v) is 6.09. The average Bonchev–Trinajstić information content (AvgIpc) is 3.39. The normalized spacial score (nSPS) is 11.0. The Morgan fingerprint density at radius 2 is 1.59 bits per heavy atom. The van der Waals surface area contributed by atoms with E-state index in [4.69, 9.17) is 12.2 Å². The quantitative estimate of drug-likeness (QED) is 0.312. The maximum absolute atomic E-state index is 5.57. The number of thiocarbonyl (C=S) groups is 1.